The van der Waals surface area contributed by atoms with Crippen molar-refractivity contribution in [2.75, 3.05) is 55.5 Å². The zero-order chi connectivity index (χ0) is 29.0. The lowest BCUT2D eigenvalue weighted by molar-refractivity contribution is 0.147. The minimum absolute atomic E-state index is 0.132. The van der Waals surface area contributed by atoms with Crippen LogP contribution < -0.4 is 24.8 Å². The lowest BCUT2D eigenvalue weighted by Gasteiger charge is -2.48. The summed E-state index contributed by atoms with van der Waals surface area (Å²) in [7, 11) is -0.128. The molecule has 2 aromatic carbocycles. The number of benzene rings is 2. The van der Waals surface area contributed by atoms with Crippen molar-refractivity contribution in [1.82, 2.24) is 19.8 Å². The number of rotatable bonds is 8. The molecule has 3 fully saturated rings. The molecule has 0 atom stereocenters. The standard InChI is InChI=1S/C31H36N6O4S/c1-34-20-28(26-10-11-33-30(26)31(34)38)27-17-21(35(2)42(39,40)25-7-8-25)6-9-29(27)41-24-5-3-4-22(16-24)37-18-23(19-37)36-14-12-32-13-15-36/h3-6,9-11,16-17,20,23,25,32-33H,7-8,12-15,18-19H2,1-2H3. The summed E-state index contributed by atoms with van der Waals surface area (Å²) in [6.45, 7) is 6.28. The Kier molecular flexibility index (Phi) is 6.75. The first-order chi connectivity index (χ1) is 20.3. The molecule has 11 heteroatoms. The first-order valence-electron chi connectivity index (χ1n) is 14.6. The van der Waals surface area contributed by atoms with E-state index in [2.05, 4.69) is 32.2 Å². The number of fused-ring (bicyclic) bond motifs is 1. The van der Waals surface area contributed by atoms with Crippen LogP contribution >= 0.6 is 0 Å². The summed E-state index contributed by atoms with van der Waals surface area (Å²) >= 11 is 0. The maximum absolute atomic E-state index is 13.1. The van der Waals surface area contributed by atoms with E-state index in [1.54, 1.807) is 32.6 Å². The number of hydrogen-bond donors (Lipinski definition) is 2. The molecule has 0 unspecified atom stereocenters. The van der Waals surface area contributed by atoms with Crippen molar-refractivity contribution in [3.63, 3.8) is 0 Å². The summed E-state index contributed by atoms with van der Waals surface area (Å²) in [6, 6.07) is 16.0. The van der Waals surface area contributed by atoms with Gasteiger partial charge < -0.3 is 24.5 Å². The molecule has 2 aromatic heterocycles. The number of anilines is 2. The number of sulfonamides is 1. The van der Waals surface area contributed by atoms with Crippen molar-refractivity contribution in [1.29, 1.82) is 0 Å². The Balaban J connectivity index is 1.22. The second kappa shape index (κ2) is 10.5. The Morgan fingerprint density at radius 1 is 1.00 bits per heavy atom. The minimum atomic E-state index is -3.44. The maximum atomic E-state index is 13.1. The van der Waals surface area contributed by atoms with Crippen LogP contribution in [0.25, 0.3) is 22.0 Å². The highest BCUT2D eigenvalue weighted by Crippen LogP contribution is 2.41. The van der Waals surface area contributed by atoms with Crippen molar-refractivity contribution in [2.24, 2.45) is 7.05 Å². The third-order valence-corrected chi connectivity index (χ3v) is 11.1. The number of H-pyrrole nitrogens is 1. The van der Waals surface area contributed by atoms with Crippen LogP contribution in [0, 0.1) is 0 Å². The van der Waals surface area contributed by atoms with E-state index in [0.29, 0.717) is 47.2 Å². The number of nitrogens with zero attached hydrogens (tertiary/aromatic N) is 4. The molecule has 7 rings (SSSR count). The molecule has 0 amide bonds. The Morgan fingerprint density at radius 3 is 2.55 bits per heavy atom. The van der Waals surface area contributed by atoms with Crippen molar-refractivity contribution >= 4 is 32.3 Å². The third kappa shape index (κ3) is 4.85. The Labute approximate surface area is 245 Å². The molecule has 4 aromatic rings. The molecule has 1 aliphatic carbocycles. The van der Waals surface area contributed by atoms with E-state index >= 15 is 0 Å². The van der Waals surface area contributed by atoms with Gasteiger partial charge in [-0.3, -0.25) is 14.0 Å². The zero-order valence-corrected chi connectivity index (χ0v) is 24.7. The summed E-state index contributed by atoms with van der Waals surface area (Å²) in [5.41, 5.74) is 3.51. The molecule has 0 bridgehead atoms. The molecule has 2 N–H and O–H groups in total. The molecule has 2 saturated heterocycles. The highest BCUT2D eigenvalue weighted by atomic mass is 32.2. The topological polar surface area (TPSA) is 103 Å². The quantitative estimate of drug-likeness (QED) is 0.326. The summed E-state index contributed by atoms with van der Waals surface area (Å²) in [5.74, 6) is 1.28. The van der Waals surface area contributed by atoms with Crippen molar-refractivity contribution in [3.05, 3.63) is 71.3 Å². The molecular weight excluding hydrogens is 552 g/mol. The summed E-state index contributed by atoms with van der Waals surface area (Å²) in [4.78, 5) is 20.8. The first kappa shape index (κ1) is 27.1. The fourth-order valence-corrected chi connectivity index (χ4v) is 7.63. The van der Waals surface area contributed by atoms with E-state index in [4.69, 9.17) is 4.74 Å². The van der Waals surface area contributed by atoms with Crippen LogP contribution in [-0.4, -0.2) is 80.5 Å². The smallest absolute Gasteiger partial charge is 0.274 e. The minimum Gasteiger partial charge on any atom is -0.457 e. The van der Waals surface area contributed by atoms with Gasteiger partial charge in [0.2, 0.25) is 10.0 Å². The highest BCUT2D eigenvalue weighted by Gasteiger charge is 2.39. The van der Waals surface area contributed by atoms with E-state index in [1.165, 1.54) is 8.87 Å². The molecule has 0 spiro atoms. The summed E-state index contributed by atoms with van der Waals surface area (Å²) < 4.78 is 35.6. The summed E-state index contributed by atoms with van der Waals surface area (Å²) in [6.07, 6.45) is 4.91. The van der Waals surface area contributed by atoms with Crippen LogP contribution in [0.3, 0.4) is 0 Å². The molecule has 1 saturated carbocycles. The van der Waals surface area contributed by atoms with E-state index in [-0.39, 0.29) is 10.8 Å². The Hall–Kier alpha value is -3.80. The van der Waals surface area contributed by atoms with Crippen LogP contribution in [0.5, 0.6) is 11.5 Å². The third-order valence-electron chi connectivity index (χ3n) is 8.78. The van der Waals surface area contributed by atoms with Crippen LogP contribution in [0.1, 0.15) is 12.8 Å². The largest absolute Gasteiger partial charge is 0.457 e. The normalized spacial score (nSPS) is 18.3. The molecule has 2 aliphatic heterocycles. The number of pyridine rings is 1. The van der Waals surface area contributed by atoms with Gasteiger partial charge in [0.15, 0.2) is 0 Å². The fourth-order valence-electron chi connectivity index (χ4n) is 6.05. The van der Waals surface area contributed by atoms with Crippen LogP contribution in [0.4, 0.5) is 11.4 Å². The lowest BCUT2D eigenvalue weighted by atomic mass is 10.0. The molecule has 4 heterocycles. The van der Waals surface area contributed by atoms with Crippen LogP contribution in [-0.2, 0) is 17.1 Å². The van der Waals surface area contributed by atoms with Gasteiger partial charge in [0, 0.05) is 100 Å². The van der Waals surface area contributed by atoms with Gasteiger partial charge in [0.05, 0.1) is 10.9 Å². The Bertz CT molecular complexity index is 1800. The van der Waals surface area contributed by atoms with E-state index in [1.807, 2.05) is 30.3 Å². The summed E-state index contributed by atoms with van der Waals surface area (Å²) in [5, 5.41) is 3.85. The molecule has 0 radical (unpaired) electrons. The van der Waals surface area contributed by atoms with Crippen molar-refractivity contribution in [2.45, 2.75) is 24.1 Å². The van der Waals surface area contributed by atoms with Gasteiger partial charge in [-0.1, -0.05) is 6.07 Å². The van der Waals surface area contributed by atoms with Gasteiger partial charge in [-0.2, -0.15) is 0 Å². The second-order valence-electron chi connectivity index (χ2n) is 11.6. The highest BCUT2D eigenvalue weighted by molar-refractivity contribution is 7.93. The van der Waals surface area contributed by atoms with Gasteiger partial charge >= 0.3 is 0 Å². The average Bonchev–Trinajstić information content (AvgIpc) is 3.73. The van der Waals surface area contributed by atoms with Gasteiger partial charge in [0.1, 0.15) is 17.0 Å². The SMILES string of the molecule is CN(c1ccc(Oc2cccc(N3CC(N4CCNCC4)C3)c2)c(-c2cn(C)c(=O)c3[nH]ccc23)c1)S(=O)(=O)C1CC1. The van der Waals surface area contributed by atoms with E-state index < -0.39 is 10.0 Å². The van der Waals surface area contributed by atoms with Gasteiger partial charge in [0.25, 0.3) is 5.56 Å². The molecular formula is C31H36N6O4S. The number of aromatic nitrogens is 2. The Morgan fingerprint density at radius 2 is 1.79 bits per heavy atom. The number of ether oxygens (including phenoxy) is 1. The number of nitrogens with one attached hydrogen (secondary N) is 2. The van der Waals surface area contributed by atoms with Crippen molar-refractivity contribution in [3.8, 4) is 22.6 Å². The first-order valence-corrected chi connectivity index (χ1v) is 16.1. The second-order valence-corrected chi connectivity index (χ2v) is 13.8. The molecule has 10 nitrogen and oxygen atoms in total. The van der Waals surface area contributed by atoms with E-state index in [0.717, 1.165) is 55.9 Å². The van der Waals surface area contributed by atoms with Crippen LogP contribution in [0.15, 0.2) is 65.7 Å². The fraction of sp³-hybridized carbons (Fsp3) is 0.387. The van der Waals surface area contributed by atoms with Gasteiger partial charge in [-0.15, -0.1) is 0 Å². The predicted molar refractivity (Wildman–Crippen MR) is 166 cm³/mol. The van der Waals surface area contributed by atoms with E-state index in [9.17, 15) is 13.2 Å². The van der Waals surface area contributed by atoms with Crippen molar-refractivity contribution < 1.29 is 13.2 Å². The maximum Gasteiger partial charge on any atom is 0.274 e. The lowest BCUT2D eigenvalue weighted by Crippen LogP contribution is -2.62. The number of hydrogen-bond acceptors (Lipinski definition) is 7. The molecule has 42 heavy (non-hydrogen) atoms. The number of piperazine rings is 1. The predicted octanol–water partition coefficient (Wildman–Crippen LogP) is 3.35. The van der Waals surface area contributed by atoms with Gasteiger partial charge in [-0.25, -0.2) is 8.42 Å². The molecule has 3 aliphatic rings. The zero-order valence-electron chi connectivity index (χ0n) is 23.9. The van der Waals surface area contributed by atoms with Crippen LogP contribution in [0.2, 0.25) is 0 Å². The monoisotopic (exact) mass is 588 g/mol. The molecule has 220 valence electrons. The number of aromatic amines is 1. The average molecular weight is 589 g/mol. The van der Waals surface area contributed by atoms with Gasteiger partial charge in [-0.05, 0) is 49.2 Å². The number of aryl methyl sites for hydroxylation is 1.